The van der Waals surface area contributed by atoms with Crippen LogP contribution in [0.5, 0.6) is 0 Å². The van der Waals surface area contributed by atoms with E-state index in [4.69, 9.17) is 26.7 Å². The number of hydrogen-bond acceptors (Lipinski definition) is 4. The summed E-state index contributed by atoms with van der Waals surface area (Å²) >= 11 is 7.53. The number of benzene rings is 1. The van der Waals surface area contributed by atoms with E-state index in [0.29, 0.717) is 11.6 Å². The van der Waals surface area contributed by atoms with E-state index in [1.807, 2.05) is 41.8 Å². The Hall–Kier alpha value is -2.08. The number of nitrogens with zero attached hydrogens (tertiary/aromatic N) is 2. The molecule has 2 N–H and O–H groups in total. The number of aromatic nitrogens is 2. The number of thiazole rings is 1. The normalized spacial score (nSPS) is 11.4. The second-order valence-corrected chi connectivity index (χ2v) is 6.11. The fourth-order valence-electron chi connectivity index (χ4n) is 2.54. The lowest BCUT2D eigenvalue weighted by atomic mass is 10.1. The van der Waals surface area contributed by atoms with E-state index in [2.05, 4.69) is 4.40 Å². The highest BCUT2D eigenvalue weighted by atomic mass is 35.5. The van der Waals surface area contributed by atoms with Crippen LogP contribution in [-0.2, 0) is 6.54 Å². The van der Waals surface area contributed by atoms with Gasteiger partial charge in [-0.15, -0.1) is 11.3 Å². The molecular weight excluding hydrogens is 318 g/mol. The van der Waals surface area contributed by atoms with Gasteiger partial charge in [0.2, 0.25) is 0 Å². The fraction of sp³-hybridized carbons (Fsp3) is 0.0625. The van der Waals surface area contributed by atoms with Gasteiger partial charge < -0.3 is 10.2 Å². The van der Waals surface area contributed by atoms with E-state index < -0.39 is 0 Å². The quantitative estimate of drug-likeness (QED) is 0.604. The molecular formula is C16H12ClN3OS. The van der Waals surface area contributed by atoms with Crippen LogP contribution in [0.1, 0.15) is 5.69 Å². The van der Waals surface area contributed by atoms with Crippen LogP contribution in [0.25, 0.3) is 27.7 Å². The molecule has 22 heavy (non-hydrogen) atoms. The van der Waals surface area contributed by atoms with Gasteiger partial charge in [-0.1, -0.05) is 23.7 Å². The van der Waals surface area contributed by atoms with Gasteiger partial charge in [0.1, 0.15) is 5.69 Å². The molecule has 0 saturated heterocycles. The fourth-order valence-corrected chi connectivity index (χ4v) is 3.56. The van der Waals surface area contributed by atoms with Crippen molar-refractivity contribution < 1.29 is 4.42 Å². The number of halogens is 1. The standard InChI is InChI=1S/C16H12ClN3OS/c17-11-5-3-10(4-6-11)15-12(8-18)20-13(9-22-16(20)19-15)14-2-1-7-21-14/h1-7,9H,8,18H2. The number of fused-ring (bicyclic) bond motifs is 1. The Labute approximate surface area is 135 Å². The van der Waals surface area contributed by atoms with Crippen molar-refractivity contribution in [3.63, 3.8) is 0 Å². The first-order valence-corrected chi connectivity index (χ1v) is 8.02. The molecule has 0 aliphatic heterocycles. The van der Waals surface area contributed by atoms with E-state index in [9.17, 15) is 0 Å². The topological polar surface area (TPSA) is 56.5 Å². The van der Waals surface area contributed by atoms with Crippen molar-refractivity contribution in [2.75, 3.05) is 0 Å². The summed E-state index contributed by atoms with van der Waals surface area (Å²) in [4.78, 5) is 5.63. The van der Waals surface area contributed by atoms with Gasteiger partial charge in [-0.25, -0.2) is 4.98 Å². The Morgan fingerprint density at radius 3 is 2.73 bits per heavy atom. The van der Waals surface area contributed by atoms with Crippen molar-refractivity contribution >= 4 is 27.9 Å². The molecule has 4 rings (SSSR count). The highest BCUT2D eigenvalue weighted by Crippen LogP contribution is 2.33. The van der Waals surface area contributed by atoms with Crippen LogP contribution < -0.4 is 5.73 Å². The zero-order valence-electron chi connectivity index (χ0n) is 11.5. The third kappa shape index (κ3) is 2.06. The van der Waals surface area contributed by atoms with E-state index in [0.717, 1.165) is 33.4 Å². The molecule has 3 heterocycles. The largest absolute Gasteiger partial charge is 0.463 e. The van der Waals surface area contributed by atoms with Gasteiger partial charge in [0.05, 0.1) is 17.7 Å². The van der Waals surface area contributed by atoms with Gasteiger partial charge in [-0.2, -0.15) is 0 Å². The predicted molar refractivity (Wildman–Crippen MR) is 89.1 cm³/mol. The summed E-state index contributed by atoms with van der Waals surface area (Å²) in [6.45, 7) is 0.392. The molecule has 0 aliphatic rings. The summed E-state index contributed by atoms with van der Waals surface area (Å²) in [5.74, 6) is 0.806. The van der Waals surface area contributed by atoms with Crippen LogP contribution >= 0.6 is 22.9 Å². The third-order valence-electron chi connectivity index (χ3n) is 3.54. The molecule has 0 aliphatic carbocycles. The van der Waals surface area contributed by atoms with E-state index >= 15 is 0 Å². The predicted octanol–water partition coefficient (Wildman–Crippen LogP) is 4.43. The number of hydrogen-bond donors (Lipinski definition) is 1. The second kappa shape index (κ2) is 5.28. The van der Waals surface area contributed by atoms with Crippen molar-refractivity contribution in [2.24, 2.45) is 5.73 Å². The Kier molecular flexibility index (Phi) is 3.26. The van der Waals surface area contributed by atoms with Crippen LogP contribution in [0.4, 0.5) is 0 Å². The average Bonchev–Trinajstić information content (AvgIpc) is 3.23. The Balaban J connectivity index is 1.96. The maximum atomic E-state index is 6.00. The maximum absolute atomic E-state index is 6.00. The summed E-state index contributed by atoms with van der Waals surface area (Å²) in [5.41, 5.74) is 9.82. The summed E-state index contributed by atoms with van der Waals surface area (Å²) in [6.07, 6.45) is 1.66. The SMILES string of the molecule is NCc1c(-c2ccc(Cl)cc2)nc2scc(-c3ccco3)n12. The second-order valence-electron chi connectivity index (χ2n) is 4.83. The zero-order chi connectivity index (χ0) is 15.1. The number of imidazole rings is 1. The molecule has 0 spiro atoms. The van der Waals surface area contributed by atoms with Gasteiger partial charge >= 0.3 is 0 Å². The lowest BCUT2D eigenvalue weighted by Gasteiger charge is -2.04. The number of rotatable bonds is 3. The van der Waals surface area contributed by atoms with Gasteiger partial charge in [0.15, 0.2) is 10.7 Å². The molecule has 0 bridgehead atoms. The minimum atomic E-state index is 0.392. The summed E-state index contributed by atoms with van der Waals surface area (Å²) in [5, 5.41) is 2.74. The smallest absolute Gasteiger partial charge is 0.195 e. The number of nitrogens with two attached hydrogens (primary N) is 1. The van der Waals surface area contributed by atoms with E-state index in [-0.39, 0.29) is 0 Å². The molecule has 0 radical (unpaired) electrons. The molecule has 0 saturated carbocycles. The summed E-state index contributed by atoms with van der Waals surface area (Å²) in [6, 6.07) is 11.4. The van der Waals surface area contributed by atoms with Gasteiger partial charge in [-0.05, 0) is 24.3 Å². The zero-order valence-corrected chi connectivity index (χ0v) is 13.1. The average molecular weight is 330 g/mol. The van der Waals surface area contributed by atoms with Gasteiger partial charge in [0, 0.05) is 22.5 Å². The first kappa shape index (κ1) is 13.6. The van der Waals surface area contributed by atoms with Crippen molar-refractivity contribution in [1.82, 2.24) is 9.38 Å². The monoisotopic (exact) mass is 329 g/mol. The lowest BCUT2D eigenvalue weighted by Crippen LogP contribution is -2.03. The minimum Gasteiger partial charge on any atom is -0.463 e. The molecule has 3 aromatic heterocycles. The molecule has 0 atom stereocenters. The molecule has 4 nitrogen and oxygen atoms in total. The van der Waals surface area contributed by atoms with Crippen molar-refractivity contribution in [3.05, 3.63) is 58.8 Å². The van der Waals surface area contributed by atoms with E-state index in [1.165, 1.54) is 0 Å². The van der Waals surface area contributed by atoms with Crippen molar-refractivity contribution in [1.29, 1.82) is 0 Å². The first-order chi connectivity index (χ1) is 10.8. The summed E-state index contributed by atoms with van der Waals surface area (Å²) in [7, 11) is 0. The highest BCUT2D eigenvalue weighted by molar-refractivity contribution is 7.15. The van der Waals surface area contributed by atoms with Gasteiger partial charge in [0.25, 0.3) is 0 Å². The first-order valence-electron chi connectivity index (χ1n) is 6.76. The number of furan rings is 1. The Morgan fingerprint density at radius 2 is 2.05 bits per heavy atom. The molecule has 110 valence electrons. The minimum absolute atomic E-state index is 0.392. The lowest BCUT2D eigenvalue weighted by molar-refractivity contribution is 0.579. The van der Waals surface area contributed by atoms with E-state index in [1.54, 1.807) is 17.6 Å². The van der Waals surface area contributed by atoms with Crippen LogP contribution in [0.2, 0.25) is 5.02 Å². The summed E-state index contributed by atoms with van der Waals surface area (Å²) < 4.78 is 7.58. The van der Waals surface area contributed by atoms with Crippen LogP contribution in [0, 0.1) is 0 Å². The Morgan fingerprint density at radius 1 is 1.23 bits per heavy atom. The van der Waals surface area contributed by atoms with Crippen LogP contribution in [0.3, 0.4) is 0 Å². The molecule has 4 aromatic rings. The molecule has 0 unspecified atom stereocenters. The molecule has 0 fully saturated rings. The van der Waals surface area contributed by atoms with Crippen LogP contribution in [0.15, 0.2) is 52.5 Å². The molecule has 1 aromatic carbocycles. The molecule has 0 amide bonds. The van der Waals surface area contributed by atoms with Crippen LogP contribution in [-0.4, -0.2) is 9.38 Å². The van der Waals surface area contributed by atoms with Gasteiger partial charge in [-0.3, -0.25) is 4.40 Å². The Bertz CT molecular complexity index is 923. The maximum Gasteiger partial charge on any atom is 0.195 e. The highest BCUT2D eigenvalue weighted by Gasteiger charge is 2.18. The third-order valence-corrected chi connectivity index (χ3v) is 4.62. The van der Waals surface area contributed by atoms with Crippen molar-refractivity contribution in [2.45, 2.75) is 6.54 Å². The van der Waals surface area contributed by atoms with Crippen molar-refractivity contribution in [3.8, 4) is 22.7 Å². The molecule has 6 heteroatoms.